The molecule has 0 aliphatic heterocycles. The largest absolute Gasteiger partial charge is 0.294 e. The van der Waals surface area contributed by atoms with Crippen molar-refractivity contribution in [2.24, 2.45) is 0 Å². The van der Waals surface area contributed by atoms with Crippen LogP contribution in [0.5, 0.6) is 0 Å². The van der Waals surface area contributed by atoms with Crippen LogP contribution in [0.3, 0.4) is 0 Å². The van der Waals surface area contributed by atoms with Gasteiger partial charge in [0, 0.05) is 12.6 Å². The lowest BCUT2D eigenvalue weighted by Gasteiger charge is -2.12. The van der Waals surface area contributed by atoms with Crippen LogP contribution in [0.4, 0.5) is 0 Å². The van der Waals surface area contributed by atoms with Gasteiger partial charge in [0.2, 0.25) is 0 Å². The maximum atomic E-state index is 11.5. The van der Waals surface area contributed by atoms with Crippen LogP contribution in [0.15, 0.2) is 12.5 Å². The Morgan fingerprint density at radius 1 is 1.36 bits per heavy atom. The van der Waals surface area contributed by atoms with Crippen molar-refractivity contribution in [1.82, 2.24) is 19.6 Å². The molecule has 70 valence electrons. The highest BCUT2D eigenvalue weighted by Crippen LogP contribution is 2.19. The van der Waals surface area contributed by atoms with Crippen molar-refractivity contribution in [3.63, 3.8) is 0 Å². The number of fused-ring (bicyclic) bond motifs is 2. The Labute approximate surface area is 79.8 Å². The molecule has 1 aliphatic carbocycles. The average Bonchev–Trinajstić information content (AvgIpc) is 2.62. The highest BCUT2D eigenvalue weighted by molar-refractivity contribution is 5.97. The lowest BCUT2D eigenvalue weighted by molar-refractivity contribution is 0.0971. The smallest absolute Gasteiger partial charge is 0.252 e. The van der Waals surface area contributed by atoms with E-state index in [1.54, 1.807) is 10.7 Å². The predicted molar refractivity (Wildman–Crippen MR) is 48.1 cm³/mol. The van der Waals surface area contributed by atoms with Crippen LogP contribution < -0.4 is 0 Å². The van der Waals surface area contributed by atoms with Crippen molar-refractivity contribution in [3.8, 4) is 0 Å². The number of aromatic nitrogens is 4. The summed E-state index contributed by atoms with van der Waals surface area (Å²) in [7, 11) is 0. The predicted octanol–water partition coefficient (Wildman–Crippen LogP) is 0.643. The van der Waals surface area contributed by atoms with Crippen molar-refractivity contribution in [2.75, 3.05) is 0 Å². The van der Waals surface area contributed by atoms with Crippen LogP contribution in [-0.2, 0) is 6.42 Å². The van der Waals surface area contributed by atoms with E-state index in [-0.39, 0.29) is 5.78 Å². The van der Waals surface area contributed by atoms with Crippen LogP contribution >= 0.6 is 0 Å². The summed E-state index contributed by atoms with van der Waals surface area (Å²) >= 11 is 0. The molecule has 2 aromatic rings. The Hall–Kier alpha value is -1.78. The van der Waals surface area contributed by atoms with Crippen molar-refractivity contribution in [3.05, 3.63) is 23.8 Å². The van der Waals surface area contributed by atoms with Gasteiger partial charge in [-0.15, -0.1) is 0 Å². The molecule has 0 spiro atoms. The fourth-order valence-corrected chi connectivity index (χ4v) is 1.77. The molecule has 0 radical (unpaired) electrons. The lowest BCUT2D eigenvalue weighted by atomic mass is 9.96. The first kappa shape index (κ1) is 7.61. The number of carbonyl (C=O) groups is 1. The highest BCUT2D eigenvalue weighted by Gasteiger charge is 2.19. The molecule has 5 nitrogen and oxygen atoms in total. The van der Waals surface area contributed by atoms with Crippen LogP contribution in [0.1, 0.15) is 28.9 Å². The number of carbonyl (C=O) groups excluding carboxylic acids is 1. The number of Topliss-reactive ketones (excluding diaryl/α,β-unsaturated/α-hetero) is 1. The fraction of sp³-hybridized carbons (Fsp3) is 0.333. The molecule has 1 aliphatic rings. The Morgan fingerprint density at radius 2 is 2.29 bits per heavy atom. The molecule has 0 saturated heterocycles. The third kappa shape index (κ3) is 0.951. The summed E-state index contributed by atoms with van der Waals surface area (Å²) in [6.45, 7) is 0. The molecule has 0 unspecified atom stereocenters. The molecule has 0 amide bonds. The van der Waals surface area contributed by atoms with Crippen LogP contribution in [0.2, 0.25) is 0 Å². The Balaban J connectivity index is 2.32. The summed E-state index contributed by atoms with van der Waals surface area (Å²) in [6, 6.07) is 0. The molecule has 2 aromatic heterocycles. The van der Waals surface area contributed by atoms with Crippen LogP contribution in [0, 0.1) is 0 Å². The number of ketones is 1. The van der Waals surface area contributed by atoms with Crippen LogP contribution in [-0.4, -0.2) is 25.4 Å². The first-order valence-electron chi connectivity index (χ1n) is 4.57. The minimum Gasteiger partial charge on any atom is -0.294 e. The molecular formula is C9H8N4O. The van der Waals surface area contributed by atoms with Crippen molar-refractivity contribution < 1.29 is 4.79 Å². The van der Waals surface area contributed by atoms with Gasteiger partial charge in [0.05, 0.1) is 11.3 Å². The molecule has 0 fully saturated rings. The molecule has 0 aromatic carbocycles. The maximum Gasteiger partial charge on any atom is 0.252 e. The SMILES string of the molecule is O=C1CCCc2nc3ncnn3cc21. The second kappa shape index (κ2) is 2.60. The fourth-order valence-electron chi connectivity index (χ4n) is 1.77. The zero-order chi connectivity index (χ0) is 9.54. The summed E-state index contributed by atoms with van der Waals surface area (Å²) in [4.78, 5) is 19.8. The molecule has 0 saturated carbocycles. The van der Waals surface area contributed by atoms with Crippen molar-refractivity contribution in [2.45, 2.75) is 19.3 Å². The first-order chi connectivity index (χ1) is 6.84. The first-order valence-corrected chi connectivity index (χ1v) is 4.57. The number of nitrogens with zero attached hydrogens (tertiary/aromatic N) is 4. The van der Waals surface area contributed by atoms with E-state index < -0.39 is 0 Å². The van der Waals surface area contributed by atoms with Gasteiger partial charge in [0.1, 0.15) is 6.33 Å². The molecule has 3 rings (SSSR count). The number of aryl methyl sites for hydroxylation is 1. The quantitative estimate of drug-likeness (QED) is 0.608. The van der Waals surface area contributed by atoms with Gasteiger partial charge in [0.15, 0.2) is 5.78 Å². The lowest BCUT2D eigenvalue weighted by Crippen LogP contribution is -2.14. The van der Waals surface area contributed by atoms with Crippen molar-refractivity contribution in [1.29, 1.82) is 0 Å². The summed E-state index contributed by atoms with van der Waals surface area (Å²) in [5.74, 6) is 0.731. The zero-order valence-corrected chi connectivity index (χ0v) is 7.47. The number of rotatable bonds is 0. The van der Waals surface area contributed by atoms with E-state index in [9.17, 15) is 4.79 Å². The van der Waals surface area contributed by atoms with Gasteiger partial charge in [-0.3, -0.25) is 4.79 Å². The molecule has 0 atom stereocenters. The number of hydrogen-bond donors (Lipinski definition) is 0. The van der Waals surface area contributed by atoms with Gasteiger partial charge in [0.25, 0.3) is 5.78 Å². The second-order valence-electron chi connectivity index (χ2n) is 3.38. The molecule has 5 heteroatoms. The van der Waals surface area contributed by atoms with Gasteiger partial charge in [-0.2, -0.15) is 10.1 Å². The van der Waals surface area contributed by atoms with E-state index in [2.05, 4.69) is 15.1 Å². The van der Waals surface area contributed by atoms with E-state index in [4.69, 9.17) is 0 Å². The van der Waals surface area contributed by atoms with Crippen LogP contribution in [0.25, 0.3) is 5.78 Å². The topological polar surface area (TPSA) is 60.2 Å². The average molecular weight is 188 g/mol. The second-order valence-corrected chi connectivity index (χ2v) is 3.38. The van der Waals surface area contributed by atoms with Gasteiger partial charge >= 0.3 is 0 Å². The molecular weight excluding hydrogens is 180 g/mol. The molecule has 2 heterocycles. The maximum absolute atomic E-state index is 11.5. The van der Waals surface area contributed by atoms with Gasteiger partial charge in [-0.05, 0) is 12.8 Å². The molecule has 0 bridgehead atoms. The number of hydrogen-bond acceptors (Lipinski definition) is 4. The summed E-state index contributed by atoms with van der Waals surface area (Å²) in [5, 5.41) is 3.95. The minimum absolute atomic E-state index is 0.163. The third-order valence-corrected chi connectivity index (χ3v) is 2.47. The zero-order valence-electron chi connectivity index (χ0n) is 7.47. The van der Waals surface area contributed by atoms with Crippen molar-refractivity contribution >= 4 is 11.6 Å². The Bertz CT molecular complexity index is 517. The Kier molecular flexibility index (Phi) is 1.41. The standard InChI is InChI=1S/C9H8N4O/c14-8-3-1-2-7-6(8)4-13-9(12-7)10-5-11-13/h4-5H,1-3H2. The van der Waals surface area contributed by atoms with E-state index in [0.717, 1.165) is 18.5 Å². The third-order valence-electron chi connectivity index (χ3n) is 2.47. The summed E-state index contributed by atoms with van der Waals surface area (Å²) in [6.07, 6.45) is 5.55. The molecule has 14 heavy (non-hydrogen) atoms. The highest BCUT2D eigenvalue weighted by atomic mass is 16.1. The van der Waals surface area contributed by atoms with E-state index in [1.807, 2.05) is 0 Å². The normalized spacial score (nSPS) is 15.9. The Morgan fingerprint density at radius 3 is 3.21 bits per heavy atom. The molecule has 0 N–H and O–H groups in total. The minimum atomic E-state index is 0.163. The van der Waals surface area contributed by atoms with Gasteiger partial charge in [-0.1, -0.05) is 0 Å². The van der Waals surface area contributed by atoms with E-state index in [1.165, 1.54) is 6.33 Å². The summed E-state index contributed by atoms with van der Waals surface area (Å²) in [5.41, 5.74) is 1.57. The van der Waals surface area contributed by atoms with E-state index in [0.29, 0.717) is 17.8 Å². The summed E-state index contributed by atoms with van der Waals surface area (Å²) < 4.78 is 1.54. The van der Waals surface area contributed by atoms with Gasteiger partial charge in [-0.25, -0.2) is 9.50 Å². The van der Waals surface area contributed by atoms with Gasteiger partial charge < -0.3 is 0 Å². The monoisotopic (exact) mass is 188 g/mol. The van der Waals surface area contributed by atoms with E-state index >= 15 is 0 Å².